The molecule has 0 bridgehead atoms. The fourth-order valence-electron chi connectivity index (χ4n) is 3.94. The predicted molar refractivity (Wildman–Crippen MR) is 112 cm³/mol. The fraction of sp³-hybridized carbons (Fsp3) is 0.333. The summed E-state index contributed by atoms with van der Waals surface area (Å²) < 4.78 is 12.3. The molecule has 0 unspecified atom stereocenters. The largest absolute Gasteiger partial charge is 0.470 e. The summed E-state index contributed by atoms with van der Waals surface area (Å²) in [6, 6.07) is 22.0. The van der Waals surface area contributed by atoms with Crippen LogP contribution in [0.2, 0.25) is 0 Å². The molecule has 148 valence electrons. The van der Waals surface area contributed by atoms with Gasteiger partial charge in [-0.2, -0.15) is 5.26 Å². The predicted octanol–water partition coefficient (Wildman–Crippen LogP) is 4.81. The van der Waals surface area contributed by atoms with Gasteiger partial charge >= 0.3 is 0 Å². The lowest BCUT2D eigenvalue weighted by atomic mass is 9.93. The van der Waals surface area contributed by atoms with E-state index in [0.717, 1.165) is 11.1 Å². The monoisotopic (exact) mass is 387 g/mol. The Balaban J connectivity index is 1.71. The van der Waals surface area contributed by atoms with Crippen molar-refractivity contribution in [2.24, 2.45) is 4.99 Å². The molecule has 0 saturated carbocycles. The van der Waals surface area contributed by atoms with E-state index in [4.69, 9.17) is 14.5 Å². The lowest BCUT2D eigenvalue weighted by Gasteiger charge is -2.25. The van der Waals surface area contributed by atoms with Gasteiger partial charge in [-0.15, -0.1) is 0 Å². The van der Waals surface area contributed by atoms with Gasteiger partial charge in [0.2, 0.25) is 11.8 Å². The zero-order valence-corrected chi connectivity index (χ0v) is 17.1. The molecule has 1 fully saturated rings. The van der Waals surface area contributed by atoms with E-state index in [1.807, 2.05) is 76.2 Å². The van der Waals surface area contributed by atoms with E-state index >= 15 is 0 Å². The van der Waals surface area contributed by atoms with Gasteiger partial charge in [0, 0.05) is 0 Å². The number of nitrogens with zero attached hydrogens (tertiary/aromatic N) is 2. The Morgan fingerprint density at radius 1 is 0.897 bits per heavy atom. The molecule has 2 heterocycles. The SMILES string of the molecule is CC1(C)OC(/C(C#N)=C2\N[C@H](c3ccccc3)C(C)(C)O2)=N[C@@H]1c1ccccc1. The van der Waals surface area contributed by atoms with E-state index in [1.54, 1.807) is 0 Å². The summed E-state index contributed by atoms with van der Waals surface area (Å²) in [5.74, 6) is 0.730. The van der Waals surface area contributed by atoms with Crippen LogP contribution in [0.3, 0.4) is 0 Å². The molecular formula is C24H25N3O2. The average Bonchev–Trinajstić information content (AvgIpc) is 3.19. The third-order valence-electron chi connectivity index (χ3n) is 5.40. The maximum absolute atomic E-state index is 9.91. The first-order valence-corrected chi connectivity index (χ1v) is 9.79. The molecular weight excluding hydrogens is 362 g/mol. The van der Waals surface area contributed by atoms with Gasteiger partial charge in [-0.1, -0.05) is 60.7 Å². The summed E-state index contributed by atoms with van der Waals surface area (Å²) in [7, 11) is 0. The van der Waals surface area contributed by atoms with Crippen molar-refractivity contribution in [3.05, 3.63) is 83.2 Å². The lowest BCUT2D eigenvalue weighted by Crippen LogP contribution is -2.30. The van der Waals surface area contributed by atoms with Crippen LogP contribution in [0.1, 0.15) is 50.9 Å². The van der Waals surface area contributed by atoms with Gasteiger partial charge in [-0.25, -0.2) is 4.99 Å². The highest BCUT2D eigenvalue weighted by atomic mass is 16.5. The van der Waals surface area contributed by atoms with Crippen LogP contribution >= 0.6 is 0 Å². The molecule has 2 aromatic rings. The van der Waals surface area contributed by atoms with Crippen LogP contribution in [-0.2, 0) is 9.47 Å². The summed E-state index contributed by atoms with van der Waals surface area (Å²) in [4.78, 5) is 4.77. The van der Waals surface area contributed by atoms with Crippen LogP contribution in [0.25, 0.3) is 0 Å². The minimum absolute atomic E-state index is 0.0815. The number of hydrogen-bond donors (Lipinski definition) is 1. The highest BCUT2D eigenvalue weighted by Gasteiger charge is 2.45. The number of nitrogens with one attached hydrogen (secondary N) is 1. The van der Waals surface area contributed by atoms with Crippen LogP contribution in [-0.4, -0.2) is 17.1 Å². The zero-order valence-electron chi connectivity index (χ0n) is 17.1. The second kappa shape index (κ2) is 6.97. The maximum Gasteiger partial charge on any atom is 0.233 e. The molecule has 2 aromatic carbocycles. The standard InChI is InChI=1S/C24H25N3O2/c1-23(2)19(16-11-7-5-8-12-16)26-21(28-23)18(15-25)22-27-20(24(3,4)29-22)17-13-9-6-10-14-17/h5-14,19-20,26H,1-4H3/b21-18+/t19-,20-/m1/s1. The van der Waals surface area contributed by atoms with Crippen LogP contribution in [0.4, 0.5) is 0 Å². The molecule has 0 radical (unpaired) electrons. The molecule has 1 saturated heterocycles. The van der Waals surface area contributed by atoms with E-state index in [1.165, 1.54) is 0 Å². The Hall–Kier alpha value is -3.26. The number of aliphatic imine (C=N–C) groups is 1. The van der Waals surface area contributed by atoms with Crippen LogP contribution in [0.5, 0.6) is 0 Å². The summed E-state index contributed by atoms with van der Waals surface area (Å²) >= 11 is 0. The number of nitriles is 1. The highest BCUT2D eigenvalue weighted by molar-refractivity contribution is 5.99. The van der Waals surface area contributed by atoms with Gasteiger partial charge in [-0.05, 0) is 38.8 Å². The smallest absolute Gasteiger partial charge is 0.233 e. The minimum Gasteiger partial charge on any atom is -0.470 e. The molecule has 1 N–H and O–H groups in total. The Labute approximate surface area is 171 Å². The number of benzene rings is 2. The summed E-state index contributed by atoms with van der Waals surface area (Å²) in [6.07, 6.45) is 0. The Kier molecular flexibility index (Phi) is 4.58. The first kappa shape index (κ1) is 19.1. The summed E-state index contributed by atoms with van der Waals surface area (Å²) in [5, 5.41) is 13.3. The Morgan fingerprint density at radius 2 is 1.48 bits per heavy atom. The highest BCUT2D eigenvalue weighted by Crippen LogP contribution is 2.42. The second-order valence-corrected chi connectivity index (χ2v) is 8.46. The first-order valence-electron chi connectivity index (χ1n) is 9.79. The third-order valence-corrected chi connectivity index (χ3v) is 5.40. The van der Waals surface area contributed by atoms with Gasteiger partial charge in [0.1, 0.15) is 23.3 Å². The van der Waals surface area contributed by atoms with Crippen LogP contribution < -0.4 is 5.32 Å². The number of ether oxygens (including phenoxy) is 2. The van der Waals surface area contributed by atoms with Gasteiger partial charge in [-0.3, -0.25) is 0 Å². The molecule has 0 spiro atoms. The van der Waals surface area contributed by atoms with Crippen molar-refractivity contribution in [1.82, 2.24) is 5.32 Å². The lowest BCUT2D eigenvalue weighted by molar-refractivity contribution is 0.0620. The molecule has 5 nitrogen and oxygen atoms in total. The Bertz CT molecular complexity index is 1000. The van der Waals surface area contributed by atoms with Crippen LogP contribution in [0.15, 0.2) is 77.1 Å². The van der Waals surface area contributed by atoms with E-state index in [0.29, 0.717) is 17.4 Å². The molecule has 2 atom stereocenters. The van der Waals surface area contributed by atoms with Crippen molar-refractivity contribution >= 4 is 5.90 Å². The zero-order chi connectivity index (χ0) is 20.6. The van der Waals surface area contributed by atoms with E-state index in [2.05, 4.69) is 23.5 Å². The third kappa shape index (κ3) is 3.47. The van der Waals surface area contributed by atoms with E-state index in [9.17, 15) is 5.26 Å². The molecule has 0 amide bonds. The van der Waals surface area contributed by atoms with Crippen molar-refractivity contribution in [3.8, 4) is 6.07 Å². The fourth-order valence-corrected chi connectivity index (χ4v) is 3.94. The summed E-state index contributed by atoms with van der Waals surface area (Å²) in [6.45, 7) is 7.99. The molecule has 5 heteroatoms. The van der Waals surface area contributed by atoms with Crippen molar-refractivity contribution in [1.29, 1.82) is 5.26 Å². The molecule has 0 aromatic heterocycles. The van der Waals surface area contributed by atoms with Crippen LogP contribution in [0, 0.1) is 11.3 Å². The number of rotatable bonds is 3. The van der Waals surface area contributed by atoms with Gasteiger partial charge in [0.15, 0.2) is 5.57 Å². The molecule has 2 aliphatic heterocycles. The molecule has 2 aliphatic rings. The van der Waals surface area contributed by atoms with Crippen molar-refractivity contribution in [3.63, 3.8) is 0 Å². The minimum atomic E-state index is -0.563. The molecule has 29 heavy (non-hydrogen) atoms. The quantitative estimate of drug-likeness (QED) is 0.768. The maximum atomic E-state index is 9.91. The van der Waals surface area contributed by atoms with Crippen molar-refractivity contribution in [2.75, 3.05) is 0 Å². The topological polar surface area (TPSA) is 66.6 Å². The first-order chi connectivity index (χ1) is 13.8. The molecule has 4 rings (SSSR count). The van der Waals surface area contributed by atoms with Crippen molar-refractivity contribution < 1.29 is 9.47 Å². The van der Waals surface area contributed by atoms with Gasteiger partial charge in [0.25, 0.3) is 0 Å². The Morgan fingerprint density at radius 3 is 2.07 bits per heavy atom. The second-order valence-electron chi connectivity index (χ2n) is 8.46. The average molecular weight is 387 g/mol. The number of hydrogen-bond acceptors (Lipinski definition) is 5. The molecule has 0 aliphatic carbocycles. The van der Waals surface area contributed by atoms with E-state index < -0.39 is 11.2 Å². The van der Waals surface area contributed by atoms with E-state index in [-0.39, 0.29) is 12.1 Å². The normalized spacial score (nSPS) is 25.8. The van der Waals surface area contributed by atoms with Gasteiger partial charge in [0.05, 0.1) is 6.04 Å². The van der Waals surface area contributed by atoms with Gasteiger partial charge < -0.3 is 14.8 Å². The van der Waals surface area contributed by atoms with Crippen molar-refractivity contribution in [2.45, 2.75) is 51.0 Å². The summed E-state index contributed by atoms with van der Waals surface area (Å²) in [5.41, 5.74) is 1.36.